The van der Waals surface area contributed by atoms with Gasteiger partial charge in [0.05, 0.1) is 5.00 Å². The van der Waals surface area contributed by atoms with Crippen LogP contribution < -0.4 is 5.32 Å². The van der Waals surface area contributed by atoms with Gasteiger partial charge in [0.2, 0.25) is 0 Å². The minimum absolute atomic E-state index is 0.522. The molecule has 0 aromatic carbocycles. The Labute approximate surface area is 82.7 Å². The Balaban J connectivity index is 2.51. The number of thiophene rings is 1. The van der Waals surface area contributed by atoms with Gasteiger partial charge in [-0.3, -0.25) is 4.99 Å². The summed E-state index contributed by atoms with van der Waals surface area (Å²) in [4.78, 5) is 4.52. The molecule has 1 aliphatic heterocycles. The first-order valence-corrected chi connectivity index (χ1v) is 5.44. The van der Waals surface area contributed by atoms with E-state index in [0.717, 1.165) is 6.67 Å². The zero-order chi connectivity index (χ0) is 9.42. The van der Waals surface area contributed by atoms with Crippen LogP contribution in [0.1, 0.15) is 25.0 Å². The lowest BCUT2D eigenvalue weighted by atomic mass is 9.98. The fraction of sp³-hybridized carbons (Fsp3) is 0.500. The van der Waals surface area contributed by atoms with Crippen LogP contribution in [-0.4, -0.2) is 12.4 Å². The minimum Gasteiger partial charge on any atom is -0.357 e. The molecule has 2 rings (SSSR count). The summed E-state index contributed by atoms with van der Waals surface area (Å²) >= 11 is 1.78. The molecule has 0 amide bonds. The summed E-state index contributed by atoms with van der Waals surface area (Å²) in [6, 6.07) is 0. The Bertz CT molecular complexity index is 350. The second-order valence-electron chi connectivity index (χ2n) is 3.66. The number of aryl methyl sites for hydroxylation is 1. The van der Waals surface area contributed by atoms with Crippen LogP contribution in [0.3, 0.4) is 0 Å². The van der Waals surface area contributed by atoms with Gasteiger partial charge in [-0.15, -0.1) is 11.3 Å². The van der Waals surface area contributed by atoms with E-state index < -0.39 is 0 Å². The van der Waals surface area contributed by atoms with E-state index in [9.17, 15) is 0 Å². The zero-order valence-corrected chi connectivity index (χ0v) is 9.03. The number of rotatable bonds is 1. The van der Waals surface area contributed by atoms with E-state index in [1.54, 1.807) is 11.3 Å². The van der Waals surface area contributed by atoms with Gasteiger partial charge in [0.1, 0.15) is 6.67 Å². The van der Waals surface area contributed by atoms with E-state index in [1.165, 1.54) is 21.8 Å². The molecule has 2 nitrogen and oxygen atoms in total. The van der Waals surface area contributed by atoms with Crippen LogP contribution in [0.25, 0.3) is 0 Å². The van der Waals surface area contributed by atoms with Crippen molar-refractivity contribution >= 4 is 22.0 Å². The molecule has 70 valence electrons. The fourth-order valence-corrected chi connectivity index (χ4v) is 2.58. The van der Waals surface area contributed by atoms with Crippen LogP contribution >= 0.6 is 11.3 Å². The molecule has 0 spiro atoms. The maximum Gasteiger partial charge on any atom is 0.108 e. The predicted octanol–water partition coefficient (Wildman–Crippen LogP) is 2.88. The zero-order valence-electron chi connectivity index (χ0n) is 8.22. The number of hydrogen-bond donors (Lipinski definition) is 1. The van der Waals surface area contributed by atoms with Crippen LogP contribution in [0, 0.1) is 12.8 Å². The molecule has 2 heterocycles. The Morgan fingerprint density at radius 1 is 1.54 bits per heavy atom. The average molecular weight is 194 g/mol. The number of aliphatic imine (C=N–C) groups is 1. The molecule has 3 heteroatoms. The molecule has 0 atom stereocenters. The number of anilines is 1. The Morgan fingerprint density at radius 3 is 3.00 bits per heavy atom. The van der Waals surface area contributed by atoms with Crippen LogP contribution in [0.4, 0.5) is 5.00 Å². The highest BCUT2D eigenvalue weighted by Crippen LogP contribution is 2.32. The van der Waals surface area contributed by atoms with E-state index in [-0.39, 0.29) is 0 Å². The molecule has 1 aliphatic rings. The second-order valence-corrected chi connectivity index (χ2v) is 4.54. The monoisotopic (exact) mass is 194 g/mol. The third kappa shape index (κ3) is 1.37. The summed E-state index contributed by atoms with van der Waals surface area (Å²) in [6.07, 6.45) is 0. The molecule has 1 aromatic rings. The van der Waals surface area contributed by atoms with Gasteiger partial charge >= 0.3 is 0 Å². The van der Waals surface area contributed by atoms with E-state index in [1.807, 2.05) is 0 Å². The molecule has 1 N–H and O–H groups in total. The molecule has 0 bridgehead atoms. The topological polar surface area (TPSA) is 24.4 Å². The second kappa shape index (κ2) is 3.14. The predicted molar refractivity (Wildman–Crippen MR) is 58.9 cm³/mol. The quantitative estimate of drug-likeness (QED) is 0.730. The Hall–Kier alpha value is -0.830. The summed E-state index contributed by atoms with van der Waals surface area (Å²) < 4.78 is 0. The minimum atomic E-state index is 0.522. The first-order valence-electron chi connectivity index (χ1n) is 4.57. The smallest absolute Gasteiger partial charge is 0.108 e. The normalized spacial score (nSPS) is 15.2. The van der Waals surface area contributed by atoms with Crippen molar-refractivity contribution in [1.29, 1.82) is 0 Å². The van der Waals surface area contributed by atoms with E-state index in [4.69, 9.17) is 0 Å². The van der Waals surface area contributed by atoms with Crippen molar-refractivity contribution in [2.75, 3.05) is 12.0 Å². The van der Waals surface area contributed by atoms with Gasteiger partial charge in [-0.25, -0.2) is 0 Å². The van der Waals surface area contributed by atoms with E-state index in [2.05, 4.69) is 36.5 Å². The molecular formula is C10H14N2S. The van der Waals surface area contributed by atoms with Gasteiger partial charge in [-0.2, -0.15) is 0 Å². The Morgan fingerprint density at radius 2 is 2.31 bits per heavy atom. The van der Waals surface area contributed by atoms with Crippen molar-refractivity contribution in [3.8, 4) is 0 Å². The Kier molecular flexibility index (Phi) is 2.12. The van der Waals surface area contributed by atoms with Gasteiger partial charge in [-0.05, 0) is 23.8 Å². The third-order valence-corrected chi connectivity index (χ3v) is 3.32. The van der Waals surface area contributed by atoms with Crippen LogP contribution in [0.2, 0.25) is 0 Å². The summed E-state index contributed by atoms with van der Waals surface area (Å²) in [6.45, 7) is 7.29. The van der Waals surface area contributed by atoms with Gasteiger partial charge in [0, 0.05) is 11.3 Å². The van der Waals surface area contributed by atoms with Gasteiger partial charge in [0.25, 0.3) is 0 Å². The first-order chi connectivity index (χ1) is 6.20. The average Bonchev–Trinajstić information content (AvgIpc) is 2.48. The number of hydrogen-bond acceptors (Lipinski definition) is 3. The molecule has 0 unspecified atom stereocenters. The van der Waals surface area contributed by atoms with Crippen molar-refractivity contribution in [1.82, 2.24) is 0 Å². The highest BCUT2D eigenvalue weighted by molar-refractivity contribution is 7.14. The molecule has 0 fully saturated rings. The van der Waals surface area contributed by atoms with Crippen molar-refractivity contribution in [2.45, 2.75) is 20.8 Å². The lowest BCUT2D eigenvalue weighted by molar-refractivity contribution is 0.868. The van der Waals surface area contributed by atoms with Crippen LogP contribution in [0.5, 0.6) is 0 Å². The lowest BCUT2D eigenvalue weighted by Gasteiger charge is -2.18. The standard InChI is InChI=1S/C10H14N2S/c1-6(2)9-8-7(3)4-13-10(8)12-5-11-9/h4,6,12H,5H2,1-3H3. The summed E-state index contributed by atoms with van der Waals surface area (Å²) in [5.41, 5.74) is 3.94. The molecule has 0 aliphatic carbocycles. The maximum atomic E-state index is 4.52. The SMILES string of the molecule is Cc1csc2c1C(C(C)C)=NCN2. The van der Waals surface area contributed by atoms with Gasteiger partial charge in [0.15, 0.2) is 0 Å². The van der Waals surface area contributed by atoms with Gasteiger partial charge < -0.3 is 5.32 Å². The van der Waals surface area contributed by atoms with Crippen LogP contribution in [-0.2, 0) is 0 Å². The number of nitrogens with zero attached hydrogens (tertiary/aromatic N) is 1. The van der Waals surface area contributed by atoms with Crippen molar-refractivity contribution in [3.05, 3.63) is 16.5 Å². The number of nitrogens with one attached hydrogen (secondary N) is 1. The molecule has 0 saturated heterocycles. The lowest BCUT2D eigenvalue weighted by Crippen LogP contribution is -2.18. The van der Waals surface area contributed by atoms with Crippen molar-refractivity contribution in [3.63, 3.8) is 0 Å². The molecule has 0 saturated carbocycles. The largest absolute Gasteiger partial charge is 0.357 e. The van der Waals surface area contributed by atoms with Gasteiger partial charge in [-0.1, -0.05) is 13.8 Å². The third-order valence-electron chi connectivity index (χ3n) is 2.27. The maximum absolute atomic E-state index is 4.52. The molecule has 0 radical (unpaired) electrons. The summed E-state index contributed by atoms with van der Waals surface area (Å²) in [7, 11) is 0. The highest BCUT2D eigenvalue weighted by Gasteiger charge is 2.19. The molecule has 1 aromatic heterocycles. The summed E-state index contributed by atoms with van der Waals surface area (Å²) in [5, 5.41) is 6.78. The fourth-order valence-electron chi connectivity index (χ4n) is 1.64. The number of fused-ring (bicyclic) bond motifs is 1. The molecule has 13 heavy (non-hydrogen) atoms. The first kappa shape index (κ1) is 8.75. The molecular weight excluding hydrogens is 180 g/mol. The van der Waals surface area contributed by atoms with Crippen molar-refractivity contribution in [2.24, 2.45) is 10.9 Å². The van der Waals surface area contributed by atoms with E-state index in [0.29, 0.717) is 5.92 Å². The van der Waals surface area contributed by atoms with Crippen LogP contribution in [0.15, 0.2) is 10.4 Å². The highest BCUT2D eigenvalue weighted by atomic mass is 32.1. The van der Waals surface area contributed by atoms with Crippen molar-refractivity contribution < 1.29 is 0 Å². The van der Waals surface area contributed by atoms with E-state index >= 15 is 0 Å². The summed E-state index contributed by atoms with van der Waals surface area (Å²) in [5.74, 6) is 0.522.